The van der Waals surface area contributed by atoms with E-state index < -0.39 is 0 Å². The van der Waals surface area contributed by atoms with Crippen LogP contribution in [0.5, 0.6) is 5.75 Å². The maximum Gasteiger partial charge on any atom is 0.239 e. The van der Waals surface area contributed by atoms with Gasteiger partial charge in [0, 0.05) is 18.3 Å². The molecule has 2 aromatic rings. The van der Waals surface area contributed by atoms with Gasteiger partial charge in [0.1, 0.15) is 5.75 Å². The molecule has 9 heteroatoms. The van der Waals surface area contributed by atoms with Gasteiger partial charge in [0.05, 0.1) is 31.6 Å². The summed E-state index contributed by atoms with van der Waals surface area (Å²) in [7, 11) is 1.64. The number of guanidine groups is 1. The Morgan fingerprint density at radius 2 is 1.86 bits per heavy atom. The van der Waals surface area contributed by atoms with Crippen LogP contribution in [0, 0.1) is 0 Å². The number of carbonyl (C=O) groups is 1. The highest BCUT2D eigenvalue weighted by atomic mass is 127. The molecule has 29 heavy (non-hydrogen) atoms. The summed E-state index contributed by atoms with van der Waals surface area (Å²) in [6.45, 7) is 9.08. The van der Waals surface area contributed by atoms with Crippen molar-refractivity contribution < 1.29 is 9.53 Å². The second kappa shape index (κ2) is 11.6. The summed E-state index contributed by atoms with van der Waals surface area (Å²) in [6.07, 6.45) is 1.89. The van der Waals surface area contributed by atoms with E-state index in [2.05, 4.69) is 26.0 Å². The molecule has 0 aliphatic rings. The molecule has 0 atom stereocenters. The molecule has 160 valence electrons. The molecule has 0 saturated heterocycles. The zero-order valence-electron chi connectivity index (χ0n) is 17.7. The number of halogens is 1. The smallest absolute Gasteiger partial charge is 0.239 e. The summed E-state index contributed by atoms with van der Waals surface area (Å²) in [5.41, 5.74) is 1.51. The van der Waals surface area contributed by atoms with Gasteiger partial charge in [0.2, 0.25) is 5.91 Å². The Labute approximate surface area is 189 Å². The van der Waals surface area contributed by atoms with Crippen molar-refractivity contribution in [3.05, 3.63) is 42.2 Å². The van der Waals surface area contributed by atoms with E-state index >= 15 is 0 Å². The Morgan fingerprint density at radius 1 is 1.17 bits per heavy atom. The molecule has 1 amide bonds. The van der Waals surface area contributed by atoms with Crippen LogP contribution in [0.1, 0.15) is 33.4 Å². The normalized spacial score (nSPS) is 11.4. The van der Waals surface area contributed by atoms with Crippen LogP contribution in [0.3, 0.4) is 0 Å². The lowest BCUT2D eigenvalue weighted by Gasteiger charge is -2.21. The Hall–Kier alpha value is -2.30. The van der Waals surface area contributed by atoms with E-state index in [1.165, 1.54) is 0 Å². The highest BCUT2D eigenvalue weighted by Crippen LogP contribution is 2.14. The SMILES string of the molecule is CCNC(=NCc1ccn(-c2ccc(OC)cc2)n1)NCC(=O)NC(C)(C)C.I. The summed E-state index contributed by atoms with van der Waals surface area (Å²) in [4.78, 5) is 16.5. The first-order valence-electron chi connectivity index (χ1n) is 9.33. The van der Waals surface area contributed by atoms with Gasteiger partial charge in [-0.1, -0.05) is 0 Å². The standard InChI is InChI=1S/C20H30N6O2.HI/c1-6-21-19(23-14-18(27)24-20(2,3)4)22-13-15-11-12-26(25-15)16-7-9-17(28-5)10-8-16;/h7-12H,6,13-14H2,1-5H3,(H,24,27)(H2,21,22,23);1H. The number of aliphatic imine (C=N–C) groups is 1. The lowest BCUT2D eigenvalue weighted by molar-refractivity contribution is -0.121. The van der Waals surface area contributed by atoms with Crippen molar-refractivity contribution in [2.75, 3.05) is 20.2 Å². The molecule has 1 heterocycles. The third-order valence-electron chi connectivity index (χ3n) is 3.66. The molecule has 0 aliphatic carbocycles. The third kappa shape index (κ3) is 8.71. The fourth-order valence-electron chi connectivity index (χ4n) is 2.45. The zero-order chi connectivity index (χ0) is 20.6. The minimum atomic E-state index is -0.261. The van der Waals surface area contributed by atoms with Crippen LogP contribution >= 0.6 is 24.0 Å². The van der Waals surface area contributed by atoms with Crippen molar-refractivity contribution in [1.29, 1.82) is 0 Å². The number of nitrogens with zero attached hydrogens (tertiary/aromatic N) is 3. The number of carbonyl (C=O) groups excluding carboxylic acids is 1. The van der Waals surface area contributed by atoms with Gasteiger partial charge < -0.3 is 20.7 Å². The van der Waals surface area contributed by atoms with Crippen molar-refractivity contribution in [2.45, 2.75) is 39.8 Å². The van der Waals surface area contributed by atoms with Crippen molar-refractivity contribution in [3.63, 3.8) is 0 Å². The van der Waals surface area contributed by atoms with Gasteiger partial charge >= 0.3 is 0 Å². The van der Waals surface area contributed by atoms with E-state index in [1.54, 1.807) is 11.8 Å². The maximum absolute atomic E-state index is 12.0. The fourth-order valence-corrected chi connectivity index (χ4v) is 2.45. The summed E-state index contributed by atoms with van der Waals surface area (Å²) in [5.74, 6) is 1.30. The predicted octanol–water partition coefficient (Wildman–Crippen LogP) is 2.47. The van der Waals surface area contributed by atoms with Gasteiger partial charge in [-0.05, 0) is 58.0 Å². The first-order valence-corrected chi connectivity index (χ1v) is 9.33. The number of methoxy groups -OCH3 is 1. The van der Waals surface area contributed by atoms with Crippen LogP contribution < -0.4 is 20.7 Å². The first kappa shape index (κ1) is 24.7. The highest BCUT2D eigenvalue weighted by Gasteiger charge is 2.13. The zero-order valence-corrected chi connectivity index (χ0v) is 20.0. The summed E-state index contributed by atoms with van der Waals surface area (Å²) < 4.78 is 6.97. The quantitative estimate of drug-likeness (QED) is 0.300. The third-order valence-corrected chi connectivity index (χ3v) is 3.66. The Balaban J connectivity index is 0.00000420. The van der Waals surface area contributed by atoms with E-state index in [4.69, 9.17) is 4.74 Å². The first-order chi connectivity index (χ1) is 13.3. The number of aromatic nitrogens is 2. The Kier molecular flexibility index (Phi) is 9.93. The molecule has 1 aromatic carbocycles. The van der Waals surface area contributed by atoms with Crippen molar-refractivity contribution in [1.82, 2.24) is 25.7 Å². The molecule has 2 rings (SSSR count). The molecule has 3 N–H and O–H groups in total. The molecular formula is C20H31IN6O2. The molecule has 0 radical (unpaired) electrons. The second-order valence-electron chi connectivity index (χ2n) is 7.30. The van der Waals surface area contributed by atoms with Gasteiger partial charge in [-0.3, -0.25) is 4.79 Å². The molecular weight excluding hydrogens is 483 g/mol. The van der Waals surface area contributed by atoms with E-state index in [9.17, 15) is 4.79 Å². The number of benzene rings is 1. The lowest BCUT2D eigenvalue weighted by Crippen LogP contribution is -2.48. The molecule has 1 aromatic heterocycles. The molecule has 0 aliphatic heterocycles. The molecule has 0 saturated carbocycles. The molecule has 8 nitrogen and oxygen atoms in total. The van der Waals surface area contributed by atoms with E-state index in [-0.39, 0.29) is 42.0 Å². The number of ether oxygens (including phenoxy) is 1. The van der Waals surface area contributed by atoms with Crippen molar-refractivity contribution >= 4 is 35.8 Å². The van der Waals surface area contributed by atoms with E-state index in [0.717, 1.165) is 17.1 Å². The summed E-state index contributed by atoms with van der Waals surface area (Å²) in [6, 6.07) is 9.59. The van der Waals surface area contributed by atoms with Gasteiger partial charge in [-0.25, -0.2) is 9.67 Å². The van der Waals surface area contributed by atoms with Crippen molar-refractivity contribution in [2.24, 2.45) is 4.99 Å². The van der Waals surface area contributed by atoms with Crippen LogP contribution in [0.15, 0.2) is 41.5 Å². The summed E-state index contributed by atoms with van der Waals surface area (Å²) in [5, 5.41) is 13.6. The molecule has 0 bridgehead atoms. The minimum Gasteiger partial charge on any atom is -0.497 e. The molecule has 0 fully saturated rings. The van der Waals surface area contributed by atoms with Crippen LogP contribution in [0.2, 0.25) is 0 Å². The average Bonchev–Trinajstić information content (AvgIpc) is 3.11. The van der Waals surface area contributed by atoms with Crippen LogP contribution in [0.4, 0.5) is 0 Å². The second-order valence-corrected chi connectivity index (χ2v) is 7.30. The van der Waals surface area contributed by atoms with Crippen LogP contribution in [-0.4, -0.2) is 47.4 Å². The predicted molar refractivity (Wildman–Crippen MR) is 126 cm³/mol. The number of amides is 1. The van der Waals surface area contributed by atoms with E-state index in [1.807, 2.05) is 64.2 Å². The van der Waals surface area contributed by atoms with E-state index in [0.29, 0.717) is 19.0 Å². The van der Waals surface area contributed by atoms with Gasteiger partial charge in [-0.15, -0.1) is 24.0 Å². The van der Waals surface area contributed by atoms with Crippen LogP contribution in [0.25, 0.3) is 5.69 Å². The van der Waals surface area contributed by atoms with Crippen molar-refractivity contribution in [3.8, 4) is 11.4 Å². The summed E-state index contributed by atoms with van der Waals surface area (Å²) >= 11 is 0. The number of nitrogens with one attached hydrogen (secondary N) is 3. The minimum absolute atomic E-state index is 0. The van der Waals surface area contributed by atoms with Gasteiger partial charge in [0.25, 0.3) is 0 Å². The van der Waals surface area contributed by atoms with Gasteiger partial charge in [-0.2, -0.15) is 5.10 Å². The molecule has 0 spiro atoms. The number of hydrogen-bond acceptors (Lipinski definition) is 4. The Morgan fingerprint density at radius 3 is 2.45 bits per heavy atom. The average molecular weight is 514 g/mol. The largest absolute Gasteiger partial charge is 0.497 e. The molecule has 0 unspecified atom stereocenters. The maximum atomic E-state index is 12.0. The number of rotatable bonds is 7. The lowest BCUT2D eigenvalue weighted by atomic mass is 10.1. The Bertz CT molecular complexity index is 796. The monoisotopic (exact) mass is 514 g/mol. The number of hydrogen-bond donors (Lipinski definition) is 3. The van der Waals surface area contributed by atoms with Gasteiger partial charge in [0.15, 0.2) is 5.96 Å². The fraction of sp³-hybridized carbons (Fsp3) is 0.450. The van der Waals surface area contributed by atoms with Crippen LogP contribution in [-0.2, 0) is 11.3 Å². The highest BCUT2D eigenvalue weighted by molar-refractivity contribution is 14.0. The topological polar surface area (TPSA) is 92.6 Å².